The molecule has 5 rings (SSSR count). The van der Waals surface area contributed by atoms with Crippen molar-refractivity contribution < 1.29 is 9.18 Å². The van der Waals surface area contributed by atoms with Crippen LogP contribution >= 0.6 is 0 Å². The highest BCUT2D eigenvalue weighted by molar-refractivity contribution is 5.95. The van der Waals surface area contributed by atoms with Gasteiger partial charge in [-0.25, -0.2) is 9.82 Å². The maximum absolute atomic E-state index is 14.9. The van der Waals surface area contributed by atoms with Crippen LogP contribution in [-0.4, -0.2) is 72.1 Å². The zero-order chi connectivity index (χ0) is 22.2. The molecule has 3 heterocycles. The quantitative estimate of drug-likeness (QED) is 0.668. The Labute approximate surface area is 188 Å². The second-order valence-electron chi connectivity index (χ2n) is 9.41. The molecule has 1 aromatic carbocycles. The van der Waals surface area contributed by atoms with Crippen molar-refractivity contribution in [3.8, 4) is 0 Å². The maximum atomic E-state index is 14.9. The summed E-state index contributed by atoms with van der Waals surface area (Å²) in [7, 11) is 3.98. The monoisotopic (exact) mass is 441 g/mol. The molecule has 0 radical (unpaired) electrons. The van der Waals surface area contributed by atoms with E-state index in [1.165, 1.54) is 0 Å². The number of likely N-dealkylation sites (N-methyl/N-ethyl adjacent to an activating group) is 1. The molecule has 8 nitrogen and oxygen atoms in total. The SMILES string of the molecule is CN1CCN(c2cccc(NC(=O)C3NNC4CC(F)C(c5cnn(C)c5)CC43)c2)CC1. The number of nitrogens with zero attached hydrogens (tertiary/aromatic N) is 4. The van der Waals surface area contributed by atoms with Gasteiger partial charge in [0.1, 0.15) is 12.2 Å². The van der Waals surface area contributed by atoms with Gasteiger partial charge in [-0.05, 0) is 43.7 Å². The van der Waals surface area contributed by atoms with Crippen molar-refractivity contribution in [2.24, 2.45) is 13.0 Å². The lowest BCUT2D eigenvalue weighted by Gasteiger charge is -2.35. The maximum Gasteiger partial charge on any atom is 0.243 e. The van der Waals surface area contributed by atoms with E-state index in [0.29, 0.717) is 12.8 Å². The van der Waals surface area contributed by atoms with E-state index in [2.05, 4.69) is 44.2 Å². The Morgan fingerprint density at radius 3 is 2.72 bits per heavy atom. The van der Waals surface area contributed by atoms with Crippen LogP contribution in [0.4, 0.5) is 15.8 Å². The first-order valence-electron chi connectivity index (χ1n) is 11.5. The fourth-order valence-corrected chi connectivity index (χ4v) is 5.33. The molecule has 0 spiro atoms. The van der Waals surface area contributed by atoms with Gasteiger partial charge in [0.05, 0.1) is 6.20 Å². The van der Waals surface area contributed by atoms with Gasteiger partial charge in [0.2, 0.25) is 5.91 Å². The molecule has 2 saturated heterocycles. The highest BCUT2D eigenvalue weighted by atomic mass is 19.1. The molecule has 3 aliphatic rings. The summed E-state index contributed by atoms with van der Waals surface area (Å²) in [5, 5.41) is 7.29. The highest BCUT2D eigenvalue weighted by Crippen LogP contribution is 2.41. The van der Waals surface area contributed by atoms with E-state index in [-0.39, 0.29) is 23.8 Å². The van der Waals surface area contributed by atoms with Gasteiger partial charge in [-0.15, -0.1) is 0 Å². The first-order chi connectivity index (χ1) is 15.5. The Morgan fingerprint density at radius 2 is 1.97 bits per heavy atom. The summed E-state index contributed by atoms with van der Waals surface area (Å²) in [4.78, 5) is 17.9. The van der Waals surface area contributed by atoms with E-state index < -0.39 is 12.2 Å². The molecule has 1 aliphatic carbocycles. The van der Waals surface area contributed by atoms with Gasteiger partial charge >= 0.3 is 0 Å². The number of amides is 1. The van der Waals surface area contributed by atoms with Crippen molar-refractivity contribution in [2.45, 2.75) is 37.0 Å². The van der Waals surface area contributed by atoms with Crippen molar-refractivity contribution in [2.75, 3.05) is 43.4 Å². The van der Waals surface area contributed by atoms with Crippen LogP contribution in [0.2, 0.25) is 0 Å². The average Bonchev–Trinajstić information content (AvgIpc) is 3.39. The number of hydrogen-bond donors (Lipinski definition) is 3. The van der Waals surface area contributed by atoms with E-state index in [4.69, 9.17) is 0 Å². The van der Waals surface area contributed by atoms with E-state index in [1.54, 1.807) is 10.9 Å². The van der Waals surface area contributed by atoms with Crippen molar-refractivity contribution in [1.82, 2.24) is 25.5 Å². The minimum atomic E-state index is -0.947. The van der Waals surface area contributed by atoms with Crippen LogP contribution in [0.3, 0.4) is 0 Å². The summed E-state index contributed by atoms with van der Waals surface area (Å²) < 4.78 is 16.6. The van der Waals surface area contributed by atoms with E-state index in [1.807, 2.05) is 31.4 Å². The topological polar surface area (TPSA) is 77.5 Å². The molecule has 5 atom stereocenters. The average molecular weight is 442 g/mol. The van der Waals surface area contributed by atoms with Crippen LogP contribution in [0.15, 0.2) is 36.7 Å². The van der Waals surface area contributed by atoms with Gasteiger partial charge < -0.3 is 15.1 Å². The number of alkyl halides is 1. The lowest BCUT2D eigenvalue weighted by molar-refractivity contribution is -0.119. The minimum absolute atomic E-state index is 0.0213. The van der Waals surface area contributed by atoms with Crippen molar-refractivity contribution in [3.63, 3.8) is 0 Å². The number of aryl methyl sites for hydroxylation is 1. The molecule has 1 saturated carbocycles. The molecule has 0 bridgehead atoms. The fraction of sp³-hybridized carbons (Fsp3) is 0.565. The predicted molar refractivity (Wildman–Crippen MR) is 122 cm³/mol. The molecule has 1 aromatic heterocycles. The van der Waals surface area contributed by atoms with Gasteiger partial charge in [-0.3, -0.25) is 14.9 Å². The van der Waals surface area contributed by atoms with Crippen molar-refractivity contribution in [3.05, 3.63) is 42.2 Å². The molecular formula is C23H32FN7O. The van der Waals surface area contributed by atoms with Gasteiger partial charge in [0, 0.05) is 68.7 Å². The van der Waals surface area contributed by atoms with Gasteiger partial charge in [-0.2, -0.15) is 5.10 Å². The summed E-state index contributed by atoms with van der Waals surface area (Å²) >= 11 is 0. The summed E-state index contributed by atoms with van der Waals surface area (Å²) in [5.74, 6) is -0.293. The Hall–Kier alpha value is -2.49. The number of anilines is 2. The Balaban J connectivity index is 1.26. The van der Waals surface area contributed by atoms with Gasteiger partial charge in [-0.1, -0.05) is 6.07 Å². The zero-order valence-electron chi connectivity index (χ0n) is 18.7. The van der Waals surface area contributed by atoms with Crippen molar-refractivity contribution in [1.29, 1.82) is 0 Å². The number of halogens is 1. The predicted octanol–water partition coefficient (Wildman–Crippen LogP) is 1.49. The van der Waals surface area contributed by atoms with Crippen LogP contribution in [-0.2, 0) is 11.8 Å². The lowest BCUT2D eigenvalue weighted by atomic mass is 9.73. The Kier molecular flexibility index (Phi) is 5.88. The third-order valence-corrected chi connectivity index (χ3v) is 7.23. The number of fused-ring (bicyclic) bond motifs is 1. The lowest BCUT2D eigenvalue weighted by Crippen LogP contribution is -2.44. The summed E-state index contributed by atoms with van der Waals surface area (Å²) in [6.45, 7) is 4.02. The van der Waals surface area contributed by atoms with Crippen LogP contribution in [0.5, 0.6) is 0 Å². The standard InChI is InChI=1S/C23H32FN7O/c1-29-6-8-31(9-7-29)17-5-3-4-16(10-17)26-23(32)22-19-11-18(15-13-25-30(2)14-15)20(24)12-21(19)27-28-22/h3-5,10,13-14,18-22,27-28H,6-9,11-12H2,1-2H3,(H,26,32). The number of nitrogens with one attached hydrogen (secondary N) is 3. The van der Waals surface area contributed by atoms with E-state index in [0.717, 1.165) is 43.1 Å². The molecule has 2 aromatic rings. The first kappa shape index (κ1) is 21.4. The molecule has 3 fully saturated rings. The number of benzene rings is 1. The number of carbonyl (C=O) groups excluding carboxylic acids is 1. The van der Waals surface area contributed by atoms with Crippen LogP contribution in [0.25, 0.3) is 0 Å². The zero-order valence-corrected chi connectivity index (χ0v) is 18.7. The number of rotatable bonds is 4. The molecule has 5 unspecified atom stereocenters. The van der Waals surface area contributed by atoms with E-state index in [9.17, 15) is 9.18 Å². The molecule has 2 aliphatic heterocycles. The van der Waals surface area contributed by atoms with Gasteiger partial charge in [0.25, 0.3) is 0 Å². The fourth-order valence-electron chi connectivity index (χ4n) is 5.33. The number of hydrazine groups is 1. The number of hydrogen-bond acceptors (Lipinski definition) is 6. The van der Waals surface area contributed by atoms with E-state index >= 15 is 0 Å². The molecule has 32 heavy (non-hydrogen) atoms. The molecule has 172 valence electrons. The largest absolute Gasteiger partial charge is 0.369 e. The van der Waals surface area contributed by atoms with Crippen molar-refractivity contribution >= 4 is 17.3 Å². The second kappa shape index (κ2) is 8.80. The third-order valence-electron chi connectivity index (χ3n) is 7.23. The molecule has 3 N–H and O–H groups in total. The summed E-state index contributed by atoms with van der Waals surface area (Å²) in [6.07, 6.45) is 3.67. The molecule has 9 heteroatoms. The smallest absolute Gasteiger partial charge is 0.243 e. The van der Waals surface area contributed by atoms with Crippen LogP contribution in [0.1, 0.15) is 24.3 Å². The normalized spacial score (nSPS) is 30.8. The molecular weight excluding hydrogens is 409 g/mol. The Morgan fingerprint density at radius 1 is 1.16 bits per heavy atom. The summed E-state index contributed by atoms with van der Waals surface area (Å²) in [5.41, 5.74) is 9.12. The number of carbonyl (C=O) groups is 1. The number of aromatic nitrogens is 2. The highest BCUT2D eigenvalue weighted by Gasteiger charge is 2.47. The number of piperazine rings is 1. The van der Waals surface area contributed by atoms with Crippen LogP contribution < -0.4 is 21.1 Å². The second-order valence-corrected chi connectivity index (χ2v) is 9.41. The third kappa shape index (κ3) is 4.24. The summed E-state index contributed by atoms with van der Waals surface area (Å²) in [6, 6.07) is 7.59. The van der Waals surface area contributed by atoms with Crippen LogP contribution in [0, 0.1) is 5.92 Å². The molecule has 1 amide bonds. The van der Waals surface area contributed by atoms with Gasteiger partial charge in [0.15, 0.2) is 0 Å². The Bertz CT molecular complexity index is 957. The minimum Gasteiger partial charge on any atom is -0.369 e. The first-order valence-corrected chi connectivity index (χ1v) is 11.5.